The van der Waals surface area contributed by atoms with Crippen LogP contribution in [-0.2, 0) is 6.42 Å². The number of likely N-dealkylation sites (N-methyl/N-ethyl adjacent to an activating group) is 1. The van der Waals surface area contributed by atoms with E-state index in [9.17, 15) is 0 Å². The van der Waals surface area contributed by atoms with Gasteiger partial charge in [-0.1, -0.05) is 22.0 Å². The molecule has 1 aromatic carbocycles. The van der Waals surface area contributed by atoms with Crippen molar-refractivity contribution in [1.29, 1.82) is 0 Å². The van der Waals surface area contributed by atoms with Crippen LogP contribution in [0.2, 0.25) is 0 Å². The third-order valence-corrected chi connectivity index (χ3v) is 4.96. The molecule has 0 bridgehead atoms. The van der Waals surface area contributed by atoms with Crippen LogP contribution in [0.4, 0.5) is 0 Å². The van der Waals surface area contributed by atoms with E-state index in [2.05, 4.69) is 46.1 Å². The average Bonchev–Trinajstić information content (AvgIpc) is 2.75. The Morgan fingerprint density at radius 3 is 2.70 bits per heavy atom. The van der Waals surface area contributed by atoms with Crippen LogP contribution in [0.5, 0.6) is 5.75 Å². The van der Waals surface area contributed by atoms with E-state index < -0.39 is 0 Å². The van der Waals surface area contributed by atoms with Crippen molar-refractivity contribution in [2.75, 3.05) is 14.2 Å². The minimum Gasteiger partial charge on any atom is -0.496 e. The molecule has 3 nitrogen and oxygen atoms in total. The Labute approximate surface area is 132 Å². The van der Waals surface area contributed by atoms with Gasteiger partial charge in [-0.15, -0.1) is 11.3 Å². The molecule has 1 aromatic heterocycles. The second kappa shape index (κ2) is 6.70. The minimum atomic E-state index is 0.197. The molecule has 0 aliphatic carbocycles. The lowest BCUT2D eigenvalue weighted by Gasteiger charge is -2.18. The van der Waals surface area contributed by atoms with E-state index in [-0.39, 0.29) is 6.04 Å². The predicted octanol–water partition coefficient (Wildman–Crippen LogP) is 4.03. The zero-order valence-electron chi connectivity index (χ0n) is 12.2. The van der Waals surface area contributed by atoms with Crippen molar-refractivity contribution in [3.63, 3.8) is 0 Å². The van der Waals surface area contributed by atoms with Gasteiger partial charge in [0.25, 0.3) is 0 Å². The van der Waals surface area contributed by atoms with E-state index in [1.165, 1.54) is 4.88 Å². The summed E-state index contributed by atoms with van der Waals surface area (Å²) in [5, 5.41) is 4.52. The van der Waals surface area contributed by atoms with Gasteiger partial charge in [-0.25, -0.2) is 4.98 Å². The zero-order chi connectivity index (χ0) is 14.7. The van der Waals surface area contributed by atoms with E-state index in [0.29, 0.717) is 0 Å². The molecule has 1 unspecified atom stereocenters. The summed E-state index contributed by atoms with van der Waals surface area (Å²) in [6, 6.07) is 6.33. The van der Waals surface area contributed by atoms with Gasteiger partial charge in [0.15, 0.2) is 0 Å². The first kappa shape index (κ1) is 15.5. The Balaban J connectivity index is 2.28. The lowest BCUT2D eigenvalue weighted by atomic mass is 10.0. The fourth-order valence-corrected chi connectivity index (χ4v) is 3.46. The molecule has 20 heavy (non-hydrogen) atoms. The molecule has 0 amide bonds. The number of benzene rings is 1. The monoisotopic (exact) mass is 354 g/mol. The van der Waals surface area contributed by atoms with Gasteiger partial charge in [-0.05, 0) is 33.0 Å². The van der Waals surface area contributed by atoms with E-state index in [0.717, 1.165) is 32.9 Å². The second-order valence-corrected chi connectivity index (χ2v) is 6.88. The Kier molecular flexibility index (Phi) is 5.18. The van der Waals surface area contributed by atoms with Gasteiger partial charge in [0.1, 0.15) is 5.75 Å². The summed E-state index contributed by atoms with van der Waals surface area (Å²) in [5.41, 5.74) is 2.28. The maximum absolute atomic E-state index is 5.49. The first-order chi connectivity index (χ1) is 9.55. The highest BCUT2D eigenvalue weighted by atomic mass is 79.9. The average molecular weight is 355 g/mol. The van der Waals surface area contributed by atoms with Crippen molar-refractivity contribution in [2.24, 2.45) is 0 Å². The lowest BCUT2D eigenvalue weighted by Crippen LogP contribution is -2.19. The van der Waals surface area contributed by atoms with Gasteiger partial charge in [0.05, 0.1) is 17.8 Å². The fourth-order valence-electron chi connectivity index (χ4n) is 2.14. The Morgan fingerprint density at radius 1 is 1.40 bits per heavy atom. The summed E-state index contributed by atoms with van der Waals surface area (Å²) >= 11 is 5.25. The summed E-state index contributed by atoms with van der Waals surface area (Å²) in [6.45, 7) is 4.18. The Bertz CT molecular complexity index is 578. The Morgan fingerprint density at radius 2 is 2.15 bits per heavy atom. The van der Waals surface area contributed by atoms with Crippen LogP contribution in [0.1, 0.15) is 27.2 Å². The molecule has 2 rings (SSSR count). The minimum absolute atomic E-state index is 0.197. The molecule has 5 heteroatoms. The normalized spacial score (nSPS) is 12.4. The molecule has 0 saturated carbocycles. The van der Waals surface area contributed by atoms with Crippen LogP contribution < -0.4 is 10.1 Å². The summed E-state index contributed by atoms with van der Waals surface area (Å²) in [6.07, 6.45) is 0.869. The molecule has 0 aliphatic rings. The number of ether oxygens (including phenoxy) is 1. The van der Waals surface area contributed by atoms with Crippen molar-refractivity contribution >= 4 is 27.3 Å². The maximum atomic E-state index is 5.49. The van der Waals surface area contributed by atoms with Crippen molar-refractivity contribution in [3.8, 4) is 5.75 Å². The number of hydrogen-bond acceptors (Lipinski definition) is 4. The van der Waals surface area contributed by atoms with Crippen molar-refractivity contribution < 1.29 is 4.74 Å². The molecule has 0 saturated heterocycles. The molecule has 1 atom stereocenters. The molecular formula is C15H19BrN2OS. The quantitative estimate of drug-likeness (QED) is 0.879. The van der Waals surface area contributed by atoms with Crippen LogP contribution in [-0.4, -0.2) is 19.1 Å². The van der Waals surface area contributed by atoms with Crippen LogP contribution in [0.15, 0.2) is 22.7 Å². The number of thiazole rings is 1. The molecule has 0 spiro atoms. The molecule has 0 radical (unpaired) electrons. The van der Waals surface area contributed by atoms with Gasteiger partial charge in [0.2, 0.25) is 0 Å². The molecule has 1 N–H and O–H groups in total. The van der Waals surface area contributed by atoms with E-state index in [1.807, 2.05) is 19.2 Å². The molecule has 0 fully saturated rings. The number of nitrogens with zero attached hydrogens (tertiary/aromatic N) is 1. The molecule has 0 aliphatic heterocycles. The summed E-state index contributed by atoms with van der Waals surface area (Å²) in [5.74, 6) is 0.892. The fraction of sp³-hybridized carbons (Fsp3) is 0.400. The van der Waals surface area contributed by atoms with Crippen molar-refractivity contribution in [1.82, 2.24) is 10.3 Å². The SMILES string of the molecule is CNC(Cc1nc(C)c(C)s1)c1ccc(Br)cc1OC. The van der Waals surface area contributed by atoms with E-state index in [1.54, 1.807) is 18.4 Å². The van der Waals surface area contributed by atoms with E-state index >= 15 is 0 Å². The number of hydrogen-bond donors (Lipinski definition) is 1. The third-order valence-electron chi connectivity index (χ3n) is 3.37. The summed E-state index contributed by atoms with van der Waals surface area (Å²) in [7, 11) is 3.68. The van der Waals surface area contributed by atoms with Crippen molar-refractivity contribution in [3.05, 3.63) is 43.8 Å². The highest BCUT2D eigenvalue weighted by Crippen LogP contribution is 2.31. The topological polar surface area (TPSA) is 34.2 Å². The highest BCUT2D eigenvalue weighted by molar-refractivity contribution is 9.10. The maximum Gasteiger partial charge on any atom is 0.124 e. The standard InChI is InChI=1S/C15H19BrN2OS/c1-9-10(2)20-15(18-9)8-13(17-3)12-6-5-11(16)7-14(12)19-4/h5-7,13,17H,8H2,1-4H3. The van der Waals surface area contributed by atoms with Crippen LogP contribution in [0.3, 0.4) is 0 Å². The van der Waals surface area contributed by atoms with Crippen LogP contribution >= 0.6 is 27.3 Å². The largest absolute Gasteiger partial charge is 0.496 e. The zero-order valence-corrected chi connectivity index (χ0v) is 14.6. The first-order valence-electron chi connectivity index (χ1n) is 6.48. The van der Waals surface area contributed by atoms with E-state index in [4.69, 9.17) is 4.74 Å². The number of aryl methyl sites for hydroxylation is 2. The van der Waals surface area contributed by atoms with Crippen molar-refractivity contribution in [2.45, 2.75) is 26.3 Å². The summed E-state index contributed by atoms with van der Waals surface area (Å²) in [4.78, 5) is 5.91. The number of methoxy groups -OCH3 is 1. The molecular weight excluding hydrogens is 336 g/mol. The van der Waals surface area contributed by atoms with Gasteiger partial charge in [0, 0.05) is 27.4 Å². The number of nitrogens with one attached hydrogen (secondary N) is 1. The summed E-state index contributed by atoms with van der Waals surface area (Å²) < 4.78 is 6.51. The van der Waals surface area contributed by atoms with Crippen LogP contribution in [0.25, 0.3) is 0 Å². The number of aromatic nitrogens is 1. The second-order valence-electron chi connectivity index (χ2n) is 4.68. The van der Waals surface area contributed by atoms with Gasteiger partial charge in [-0.3, -0.25) is 0 Å². The van der Waals surface area contributed by atoms with Crippen LogP contribution in [0, 0.1) is 13.8 Å². The Hall–Kier alpha value is -0.910. The number of rotatable bonds is 5. The predicted molar refractivity (Wildman–Crippen MR) is 87.8 cm³/mol. The number of halogens is 1. The molecule has 2 aromatic rings. The molecule has 108 valence electrons. The first-order valence-corrected chi connectivity index (χ1v) is 8.09. The molecule has 1 heterocycles. The van der Waals surface area contributed by atoms with Gasteiger partial charge in [-0.2, -0.15) is 0 Å². The highest BCUT2D eigenvalue weighted by Gasteiger charge is 2.17. The van der Waals surface area contributed by atoms with Gasteiger partial charge < -0.3 is 10.1 Å². The lowest BCUT2D eigenvalue weighted by molar-refractivity contribution is 0.401. The van der Waals surface area contributed by atoms with Gasteiger partial charge >= 0.3 is 0 Å². The third kappa shape index (κ3) is 3.40. The smallest absolute Gasteiger partial charge is 0.124 e.